The standard InChI is InChI=1S/C20H21FN4O2S/c1-20(2,27-15-5-3-14(21)4-6-15)19(26)25-10-8-24(9-11-25)17-16-7-12-28-18(16)23-13-22-17/h3-7,12-13H,8-11H2,1-2H3. The summed E-state index contributed by atoms with van der Waals surface area (Å²) in [5.74, 6) is 0.969. The molecule has 1 aliphatic rings. The highest BCUT2D eigenvalue weighted by Crippen LogP contribution is 2.28. The second-order valence-electron chi connectivity index (χ2n) is 7.18. The van der Waals surface area contributed by atoms with Crippen LogP contribution in [0.5, 0.6) is 5.75 Å². The molecule has 0 saturated carbocycles. The van der Waals surface area contributed by atoms with Crippen LogP contribution in [0.4, 0.5) is 10.2 Å². The number of piperazine rings is 1. The van der Waals surface area contributed by atoms with Crippen LogP contribution in [0.1, 0.15) is 13.8 Å². The highest BCUT2D eigenvalue weighted by atomic mass is 32.1. The molecular formula is C20H21FN4O2S. The molecule has 1 amide bonds. The third kappa shape index (κ3) is 3.64. The number of aromatic nitrogens is 2. The smallest absolute Gasteiger partial charge is 0.266 e. The number of halogens is 1. The van der Waals surface area contributed by atoms with Crippen LogP contribution in [0, 0.1) is 5.82 Å². The molecule has 4 rings (SSSR count). The van der Waals surface area contributed by atoms with Gasteiger partial charge < -0.3 is 14.5 Å². The third-order valence-corrected chi connectivity index (χ3v) is 5.63. The maximum atomic E-state index is 13.1. The predicted octanol–water partition coefficient (Wildman–Crippen LogP) is 3.34. The number of thiophene rings is 1. The number of hydrogen-bond donors (Lipinski definition) is 0. The van der Waals surface area contributed by atoms with E-state index >= 15 is 0 Å². The lowest BCUT2D eigenvalue weighted by atomic mass is 10.1. The van der Waals surface area contributed by atoms with Gasteiger partial charge in [0.2, 0.25) is 0 Å². The number of rotatable bonds is 4. The number of carbonyl (C=O) groups is 1. The van der Waals surface area contributed by atoms with Crippen LogP contribution >= 0.6 is 11.3 Å². The van der Waals surface area contributed by atoms with Crippen molar-refractivity contribution in [2.45, 2.75) is 19.4 Å². The van der Waals surface area contributed by atoms with E-state index in [2.05, 4.69) is 14.9 Å². The van der Waals surface area contributed by atoms with Gasteiger partial charge in [0.1, 0.15) is 28.5 Å². The maximum absolute atomic E-state index is 13.1. The summed E-state index contributed by atoms with van der Waals surface area (Å²) in [6.07, 6.45) is 1.59. The first-order valence-electron chi connectivity index (χ1n) is 9.11. The summed E-state index contributed by atoms with van der Waals surface area (Å²) >= 11 is 1.59. The van der Waals surface area contributed by atoms with Crippen molar-refractivity contribution in [3.05, 3.63) is 47.9 Å². The number of nitrogens with zero attached hydrogens (tertiary/aromatic N) is 4. The summed E-state index contributed by atoms with van der Waals surface area (Å²) in [6, 6.07) is 7.74. The molecule has 3 aromatic rings. The lowest BCUT2D eigenvalue weighted by Crippen LogP contribution is -2.56. The fourth-order valence-electron chi connectivity index (χ4n) is 3.37. The molecule has 8 heteroatoms. The van der Waals surface area contributed by atoms with Crippen LogP contribution in [-0.2, 0) is 4.79 Å². The SMILES string of the molecule is CC(C)(Oc1ccc(F)cc1)C(=O)N1CCN(c2ncnc3sccc23)CC1. The van der Waals surface area contributed by atoms with Crippen molar-refractivity contribution in [3.8, 4) is 5.75 Å². The summed E-state index contributed by atoms with van der Waals surface area (Å²) in [4.78, 5) is 26.7. The molecular weight excluding hydrogens is 379 g/mol. The van der Waals surface area contributed by atoms with Crippen molar-refractivity contribution < 1.29 is 13.9 Å². The number of anilines is 1. The Morgan fingerprint density at radius 3 is 2.54 bits per heavy atom. The molecule has 0 N–H and O–H groups in total. The Balaban J connectivity index is 1.42. The Hall–Kier alpha value is -2.74. The van der Waals surface area contributed by atoms with Gasteiger partial charge in [-0.1, -0.05) is 0 Å². The number of fused-ring (bicyclic) bond motifs is 1. The number of amides is 1. The first-order chi connectivity index (χ1) is 13.4. The van der Waals surface area contributed by atoms with Crippen molar-refractivity contribution in [1.29, 1.82) is 0 Å². The van der Waals surface area contributed by atoms with Gasteiger partial charge in [-0.05, 0) is 49.6 Å². The molecule has 146 valence electrons. The minimum atomic E-state index is -1.03. The van der Waals surface area contributed by atoms with Crippen LogP contribution < -0.4 is 9.64 Å². The number of hydrogen-bond acceptors (Lipinski definition) is 6. The molecule has 0 unspecified atom stereocenters. The van der Waals surface area contributed by atoms with E-state index in [1.54, 1.807) is 31.5 Å². The molecule has 1 saturated heterocycles. The molecule has 0 bridgehead atoms. The van der Waals surface area contributed by atoms with Crippen molar-refractivity contribution in [2.75, 3.05) is 31.1 Å². The minimum Gasteiger partial charge on any atom is -0.478 e. The molecule has 6 nitrogen and oxygen atoms in total. The molecule has 0 radical (unpaired) electrons. The second-order valence-corrected chi connectivity index (χ2v) is 8.08. The van der Waals surface area contributed by atoms with Crippen molar-refractivity contribution in [2.24, 2.45) is 0 Å². The number of carbonyl (C=O) groups excluding carboxylic acids is 1. The summed E-state index contributed by atoms with van der Waals surface area (Å²) in [7, 11) is 0. The Morgan fingerprint density at radius 1 is 1.11 bits per heavy atom. The van der Waals surface area contributed by atoms with Gasteiger partial charge >= 0.3 is 0 Å². The van der Waals surface area contributed by atoms with Crippen molar-refractivity contribution in [1.82, 2.24) is 14.9 Å². The van der Waals surface area contributed by atoms with E-state index in [0.29, 0.717) is 31.9 Å². The molecule has 3 heterocycles. The van der Waals surface area contributed by atoms with E-state index in [9.17, 15) is 9.18 Å². The molecule has 0 aliphatic carbocycles. The lowest BCUT2D eigenvalue weighted by Gasteiger charge is -2.39. The number of ether oxygens (including phenoxy) is 1. The summed E-state index contributed by atoms with van der Waals surface area (Å²) in [6.45, 7) is 6.05. The van der Waals surface area contributed by atoms with E-state index in [-0.39, 0.29) is 11.7 Å². The van der Waals surface area contributed by atoms with E-state index in [4.69, 9.17) is 4.74 Å². The van der Waals surface area contributed by atoms with Gasteiger partial charge in [-0.25, -0.2) is 14.4 Å². The van der Waals surface area contributed by atoms with Gasteiger partial charge in [-0.2, -0.15) is 0 Å². The van der Waals surface area contributed by atoms with E-state index in [1.807, 2.05) is 16.3 Å². The summed E-state index contributed by atoms with van der Waals surface area (Å²) < 4.78 is 18.9. The Bertz CT molecular complexity index is 981. The minimum absolute atomic E-state index is 0.0835. The highest BCUT2D eigenvalue weighted by Gasteiger charge is 2.36. The average Bonchev–Trinajstić information content (AvgIpc) is 3.18. The Kier molecular flexibility index (Phi) is 4.89. The molecule has 2 aromatic heterocycles. The zero-order valence-corrected chi connectivity index (χ0v) is 16.6. The highest BCUT2D eigenvalue weighted by molar-refractivity contribution is 7.16. The Labute approximate surface area is 166 Å². The molecule has 1 fully saturated rings. The van der Waals surface area contributed by atoms with E-state index < -0.39 is 5.60 Å². The monoisotopic (exact) mass is 400 g/mol. The fraction of sp³-hybridized carbons (Fsp3) is 0.350. The third-order valence-electron chi connectivity index (χ3n) is 4.81. The summed E-state index contributed by atoms with van der Waals surface area (Å²) in [5, 5.41) is 3.06. The van der Waals surface area contributed by atoms with Crippen molar-refractivity contribution in [3.63, 3.8) is 0 Å². The largest absolute Gasteiger partial charge is 0.478 e. The van der Waals surface area contributed by atoms with Crippen molar-refractivity contribution >= 4 is 33.3 Å². The number of benzene rings is 1. The normalized spacial score (nSPS) is 15.1. The lowest BCUT2D eigenvalue weighted by molar-refractivity contribution is -0.145. The second kappa shape index (κ2) is 7.35. The van der Waals surface area contributed by atoms with E-state index in [1.165, 1.54) is 24.3 Å². The average molecular weight is 400 g/mol. The van der Waals surface area contributed by atoms with Gasteiger partial charge in [0.25, 0.3) is 5.91 Å². The van der Waals surface area contributed by atoms with Crippen LogP contribution in [0.25, 0.3) is 10.2 Å². The first-order valence-corrected chi connectivity index (χ1v) is 9.99. The van der Waals surface area contributed by atoms with Crippen LogP contribution in [-0.4, -0.2) is 52.6 Å². The predicted molar refractivity (Wildman–Crippen MR) is 107 cm³/mol. The van der Waals surface area contributed by atoms with Crippen LogP contribution in [0.3, 0.4) is 0 Å². The topological polar surface area (TPSA) is 58.6 Å². The Morgan fingerprint density at radius 2 is 1.82 bits per heavy atom. The zero-order valence-electron chi connectivity index (χ0n) is 15.8. The van der Waals surface area contributed by atoms with Gasteiger partial charge in [-0.3, -0.25) is 4.79 Å². The fourth-order valence-corrected chi connectivity index (χ4v) is 4.10. The maximum Gasteiger partial charge on any atom is 0.266 e. The van der Waals surface area contributed by atoms with Gasteiger partial charge in [0, 0.05) is 26.2 Å². The van der Waals surface area contributed by atoms with Crippen LogP contribution in [0.15, 0.2) is 42.0 Å². The summed E-state index contributed by atoms with van der Waals surface area (Å²) in [5.41, 5.74) is -1.03. The zero-order chi connectivity index (χ0) is 19.7. The molecule has 0 spiro atoms. The quantitative estimate of drug-likeness (QED) is 0.672. The van der Waals surface area contributed by atoms with Gasteiger partial charge in [0.15, 0.2) is 5.60 Å². The van der Waals surface area contributed by atoms with Gasteiger partial charge in [0.05, 0.1) is 5.39 Å². The van der Waals surface area contributed by atoms with Crippen LogP contribution in [0.2, 0.25) is 0 Å². The molecule has 1 aliphatic heterocycles. The van der Waals surface area contributed by atoms with E-state index in [0.717, 1.165) is 16.0 Å². The molecule has 28 heavy (non-hydrogen) atoms. The first kappa shape index (κ1) is 18.6. The molecule has 0 atom stereocenters. The van der Waals surface area contributed by atoms with Gasteiger partial charge in [-0.15, -0.1) is 11.3 Å². The molecule has 1 aromatic carbocycles.